The van der Waals surface area contributed by atoms with Gasteiger partial charge in [0.25, 0.3) is 0 Å². The third-order valence-electron chi connectivity index (χ3n) is 3.27. The molecular weight excluding hydrogens is 212 g/mol. The predicted octanol–water partition coefficient (Wildman–Crippen LogP) is 2.38. The second kappa shape index (κ2) is 5.32. The Hall–Kier alpha value is -1.35. The molecule has 0 spiro atoms. The number of amides is 1. The molecule has 1 atom stereocenters. The van der Waals surface area contributed by atoms with Gasteiger partial charge in [-0.25, -0.2) is 0 Å². The average Bonchev–Trinajstić information content (AvgIpc) is 2.34. The van der Waals surface area contributed by atoms with Crippen LogP contribution in [0.25, 0.3) is 0 Å². The van der Waals surface area contributed by atoms with E-state index in [-0.39, 0.29) is 11.9 Å². The van der Waals surface area contributed by atoms with Gasteiger partial charge in [-0.1, -0.05) is 24.1 Å². The summed E-state index contributed by atoms with van der Waals surface area (Å²) >= 11 is 0. The van der Waals surface area contributed by atoms with Gasteiger partial charge in [-0.2, -0.15) is 0 Å². The highest BCUT2D eigenvalue weighted by Crippen LogP contribution is 2.17. The molecule has 1 fully saturated rings. The van der Waals surface area contributed by atoms with E-state index in [1.54, 1.807) is 0 Å². The molecule has 0 saturated carbocycles. The first kappa shape index (κ1) is 12.1. The Labute approximate surface area is 103 Å². The van der Waals surface area contributed by atoms with Crippen LogP contribution in [0, 0.1) is 13.8 Å². The van der Waals surface area contributed by atoms with Crippen molar-refractivity contribution in [1.29, 1.82) is 0 Å². The maximum absolute atomic E-state index is 12.0. The van der Waals surface area contributed by atoms with Crippen molar-refractivity contribution in [2.75, 3.05) is 11.9 Å². The van der Waals surface area contributed by atoms with Gasteiger partial charge in [-0.15, -0.1) is 0 Å². The third-order valence-corrected chi connectivity index (χ3v) is 3.27. The first-order valence-electron chi connectivity index (χ1n) is 6.28. The molecule has 3 nitrogen and oxygen atoms in total. The minimum atomic E-state index is -0.0237. The third kappa shape index (κ3) is 3.07. The second-order valence-corrected chi connectivity index (χ2v) is 4.81. The van der Waals surface area contributed by atoms with Crippen molar-refractivity contribution < 1.29 is 4.79 Å². The van der Waals surface area contributed by atoms with Gasteiger partial charge in [0.1, 0.15) is 0 Å². The molecule has 92 valence electrons. The number of hydrogen-bond donors (Lipinski definition) is 2. The summed E-state index contributed by atoms with van der Waals surface area (Å²) in [4.78, 5) is 12.0. The molecular formula is C14H20N2O. The fourth-order valence-electron chi connectivity index (χ4n) is 2.25. The molecule has 1 amide bonds. The molecule has 2 N–H and O–H groups in total. The van der Waals surface area contributed by atoms with Crippen LogP contribution in [-0.2, 0) is 4.79 Å². The summed E-state index contributed by atoms with van der Waals surface area (Å²) in [5.41, 5.74) is 3.26. The first-order valence-corrected chi connectivity index (χ1v) is 6.28. The van der Waals surface area contributed by atoms with E-state index in [9.17, 15) is 4.79 Å². The summed E-state index contributed by atoms with van der Waals surface area (Å²) in [6, 6.07) is 6.07. The largest absolute Gasteiger partial charge is 0.324 e. The average molecular weight is 232 g/mol. The normalized spacial score (nSPS) is 20.0. The van der Waals surface area contributed by atoms with Crippen LogP contribution in [-0.4, -0.2) is 18.5 Å². The molecule has 0 bridgehead atoms. The minimum Gasteiger partial charge on any atom is -0.324 e. The maximum atomic E-state index is 12.0. The summed E-state index contributed by atoms with van der Waals surface area (Å²) in [5.74, 6) is 0.0941. The summed E-state index contributed by atoms with van der Waals surface area (Å²) in [6.45, 7) is 5.03. The summed E-state index contributed by atoms with van der Waals surface area (Å²) < 4.78 is 0. The van der Waals surface area contributed by atoms with E-state index in [0.717, 1.165) is 30.6 Å². The second-order valence-electron chi connectivity index (χ2n) is 4.81. The van der Waals surface area contributed by atoms with Crippen molar-refractivity contribution >= 4 is 11.6 Å². The summed E-state index contributed by atoms with van der Waals surface area (Å²) in [7, 11) is 0. The molecule has 2 rings (SSSR count). The fraction of sp³-hybridized carbons (Fsp3) is 0.500. The molecule has 1 aliphatic rings. The van der Waals surface area contributed by atoms with Crippen LogP contribution in [0.1, 0.15) is 30.4 Å². The lowest BCUT2D eigenvalue weighted by molar-refractivity contribution is -0.118. The number of hydrogen-bond acceptors (Lipinski definition) is 2. The fourth-order valence-corrected chi connectivity index (χ4v) is 2.25. The van der Waals surface area contributed by atoms with Crippen molar-refractivity contribution in [3.8, 4) is 0 Å². The zero-order valence-corrected chi connectivity index (χ0v) is 10.5. The van der Waals surface area contributed by atoms with Crippen molar-refractivity contribution in [3.63, 3.8) is 0 Å². The van der Waals surface area contributed by atoms with Gasteiger partial charge in [-0.05, 0) is 44.9 Å². The molecule has 1 saturated heterocycles. The number of anilines is 1. The Morgan fingerprint density at radius 1 is 1.35 bits per heavy atom. The van der Waals surface area contributed by atoms with E-state index in [1.165, 1.54) is 12.0 Å². The highest BCUT2D eigenvalue weighted by Gasteiger charge is 2.20. The summed E-state index contributed by atoms with van der Waals surface area (Å²) in [6.07, 6.45) is 3.25. The topological polar surface area (TPSA) is 41.1 Å². The highest BCUT2D eigenvalue weighted by atomic mass is 16.2. The SMILES string of the molecule is Cc1ccc(NC(=O)C2CCCCN2)c(C)c1. The van der Waals surface area contributed by atoms with Crippen molar-refractivity contribution in [1.82, 2.24) is 5.32 Å². The van der Waals surface area contributed by atoms with E-state index in [0.29, 0.717) is 0 Å². The zero-order valence-electron chi connectivity index (χ0n) is 10.5. The first-order chi connectivity index (χ1) is 8.16. The van der Waals surface area contributed by atoms with E-state index in [1.807, 2.05) is 19.1 Å². The van der Waals surface area contributed by atoms with Gasteiger partial charge in [0, 0.05) is 5.69 Å². The molecule has 17 heavy (non-hydrogen) atoms. The number of piperidine rings is 1. The standard InChI is InChI=1S/C14H20N2O/c1-10-6-7-12(11(2)9-10)16-14(17)13-5-3-4-8-15-13/h6-7,9,13,15H,3-5,8H2,1-2H3,(H,16,17). The van der Waals surface area contributed by atoms with E-state index in [2.05, 4.69) is 23.6 Å². The Balaban J connectivity index is 2.02. The lowest BCUT2D eigenvalue weighted by atomic mass is 10.0. The van der Waals surface area contributed by atoms with Gasteiger partial charge in [-0.3, -0.25) is 4.79 Å². The lowest BCUT2D eigenvalue weighted by Crippen LogP contribution is -2.43. The molecule has 1 aromatic carbocycles. The Bertz CT molecular complexity index is 409. The number of benzene rings is 1. The zero-order chi connectivity index (χ0) is 12.3. The van der Waals surface area contributed by atoms with Gasteiger partial charge >= 0.3 is 0 Å². The molecule has 1 heterocycles. The molecule has 3 heteroatoms. The van der Waals surface area contributed by atoms with Crippen molar-refractivity contribution in [2.45, 2.75) is 39.2 Å². The van der Waals surface area contributed by atoms with Crippen molar-refractivity contribution in [2.24, 2.45) is 0 Å². The molecule has 0 aromatic heterocycles. The van der Waals surface area contributed by atoms with Crippen LogP contribution in [0.2, 0.25) is 0 Å². The quantitative estimate of drug-likeness (QED) is 0.822. The Morgan fingerprint density at radius 3 is 2.82 bits per heavy atom. The van der Waals surface area contributed by atoms with Crippen LogP contribution in [0.4, 0.5) is 5.69 Å². The smallest absolute Gasteiger partial charge is 0.241 e. The Morgan fingerprint density at radius 2 is 2.18 bits per heavy atom. The number of carbonyl (C=O) groups excluding carboxylic acids is 1. The highest BCUT2D eigenvalue weighted by molar-refractivity contribution is 5.95. The van der Waals surface area contributed by atoms with Crippen LogP contribution in [0.15, 0.2) is 18.2 Å². The molecule has 0 radical (unpaired) electrons. The summed E-state index contributed by atoms with van der Waals surface area (Å²) in [5, 5.41) is 6.26. The number of rotatable bonds is 2. The maximum Gasteiger partial charge on any atom is 0.241 e. The minimum absolute atomic E-state index is 0.0237. The molecule has 1 aliphatic heterocycles. The van der Waals surface area contributed by atoms with Crippen LogP contribution < -0.4 is 10.6 Å². The van der Waals surface area contributed by atoms with Gasteiger partial charge in [0.2, 0.25) is 5.91 Å². The molecule has 0 aliphatic carbocycles. The van der Waals surface area contributed by atoms with E-state index >= 15 is 0 Å². The van der Waals surface area contributed by atoms with Crippen molar-refractivity contribution in [3.05, 3.63) is 29.3 Å². The number of nitrogens with one attached hydrogen (secondary N) is 2. The molecule has 1 aromatic rings. The van der Waals surface area contributed by atoms with Crippen LogP contribution in [0.3, 0.4) is 0 Å². The number of carbonyl (C=O) groups is 1. The van der Waals surface area contributed by atoms with Gasteiger partial charge in [0.05, 0.1) is 6.04 Å². The Kier molecular flexibility index (Phi) is 3.79. The lowest BCUT2D eigenvalue weighted by Gasteiger charge is -2.23. The van der Waals surface area contributed by atoms with Crippen LogP contribution >= 0.6 is 0 Å². The van der Waals surface area contributed by atoms with Crippen LogP contribution in [0.5, 0.6) is 0 Å². The van der Waals surface area contributed by atoms with E-state index < -0.39 is 0 Å². The van der Waals surface area contributed by atoms with E-state index in [4.69, 9.17) is 0 Å². The van der Waals surface area contributed by atoms with Gasteiger partial charge < -0.3 is 10.6 Å². The van der Waals surface area contributed by atoms with Gasteiger partial charge in [0.15, 0.2) is 0 Å². The molecule has 1 unspecified atom stereocenters. The number of aryl methyl sites for hydroxylation is 2. The predicted molar refractivity (Wildman–Crippen MR) is 70.2 cm³/mol. The monoisotopic (exact) mass is 232 g/mol.